The van der Waals surface area contributed by atoms with Crippen LogP contribution in [0, 0.1) is 5.18 Å². The minimum absolute atomic E-state index is 0.803. The number of hydrogen-bond donors (Lipinski definition) is 0. The Balaban J connectivity index is 2.88. The zero-order valence-electron chi connectivity index (χ0n) is 4.55. The van der Waals surface area contributed by atoms with E-state index in [4.69, 9.17) is 4.42 Å². The maximum Gasteiger partial charge on any atom is 0.178 e. The van der Waals surface area contributed by atoms with Crippen molar-refractivity contribution in [3.05, 3.63) is 24.2 Å². The van der Waals surface area contributed by atoms with Crippen molar-refractivity contribution in [2.24, 2.45) is 0 Å². The lowest BCUT2D eigenvalue weighted by Gasteiger charge is -1.71. The van der Waals surface area contributed by atoms with E-state index in [1.54, 1.807) is 6.26 Å². The van der Waals surface area contributed by atoms with Crippen molar-refractivity contribution in [2.45, 2.75) is 0 Å². The smallest absolute Gasteiger partial charge is 0.178 e. The van der Waals surface area contributed by atoms with E-state index in [-0.39, 0.29) is 0 Å². The van der Waals surface area contributed by atoms with E-state index in [0.717, 1.165) is 5.76 Å². The minimum atomic E-state index is 0.803. The molecule has 0 saturated carbocycles. The standard InChI is InChI=1S/C6H6OS/c1-8-5-6-3-2-4-7-6/h2-4H,1H3. The Morgan fingerprint density at radius 2 is 2.62 bits per heavy atom. The molecule has 0 N–H and O–H groups in total. The summed E-state index contributed by atoms with van der Waals surface area (Å²) in [5.41, 5.74) is 0. The first kappa shape index (κ1) is 5.42. The molecule has 8 heavy (non-hydrogen) atoms. The van der Waals surface area contributed by atoms with Gasteiger partial charge in [0.15, 0.2) is 5.76 Å². The fourth-order valence-electron chi connectivity index (χ4n) is 0.437. The first-order valence-corrected chi connectivity index (χ1v) is 3.48. The Kier molecular flexibility index (Phi) is 1.73. The average molecular weight is 126 g/mol. The first-order valence-electron chi connectivity index (χ1n) is 2.26. The molecule has 0 aliphatic rings. The Morgan fingerprint density at radius 3 is 3.12 bits per heavy atom. The molecule has 1 aromatic heterocycles. The molecule has 0 amide bonds. The number of rotatable bonds is 0. The van der Waals surface area contributed by atoms with Crippen molar-refractivity contribution >= 4 is 11.2 Å². The molecule has 0 unspecified atom stereocenters. The van der Waals surface area contributed by atoms with Crippen LogP contribution in [0.5, 0.6) is 0 Å². The van der Waals surface area contributed by atoms with Crippen LogP contribution < -0.4 is 0 Å². The zero-order chi connectivity index (χ0) is 5.82. The highest BCUT2D eigenvalue weighted by atomic mass is 32.1. The van der Waals surface area contributed by atoms with E-state index >= 15 is 0 Å². The van der Waals surface area contributed by atoms with Crippen molar-refractivity contribution in [3.63, 3.8) is 0 Å². The molecule has 2 heteroatoms. The normalized spacial score (nSPS) is 8.12. The van der Waals surface area contributed by atoms with E-state index in [0.29, 0.717) is 0 Å². The van der Waals surface area contributed by atoms with E-state index in [1.807, 2.05) is 18.4 Å². The lowest BCUT2D eigenvalue weighted by molar-refractivity contribution is 0.555. The van der Waals surface area contributed by atoms with Crippen LogP contribution in [0.2, 0.25) is 0 Å². The summed E-state index contributed by atoms with van der Waals surface area (Å²) in [4.78, 5) is 0. The third kappa shape index (κ3) is 1.12. The first-order chi connectivity index (χ1) is 3.93. The van der Waals surface area contributed by atoms with Gasteiger partial charge in [0.05, 0.1) is 6.26 Å². The molecule has 0 spiro atoms. The van der Waals surface area contributed by atoms with E-state index in [1.165, 1.54) is 11.2 Å². The summed E-state index contributed by atoms with van der Waals surface area (Å²) < 4.78 is 4.94. The molecule has 1 heterocycles. The van der Waals surface area contributed by atoms with Crippen molar-refractivity contribution in [1.82, 2.24) is 0 Å². The predicted molar refractivity (Wildman–Crippen MR) is 35.2 cm³/mol. The van der Waals surface area contributed by atoms with Crippen LogP contribution in [0.3, 0.4) is 0 Å². The van der Waals surface area contributed by atoms with Crippen LogP contribution in [-0.2, 0) is 0 Å². The highest BCUT2D eigenvalue weighted by Gasteiger charge is 1.82. The second kappa shape index (κ2) is 2.55. The fraction of sp³-hybridized carbons (Fsp3) is 0.167. The Hall–Kier alpha value is -0.720. The highest BCUT2D eigenvalue weighted by Crippen LogP contribution is 1.96. The molecule has 42 valence electrons. The Morgan fingerprint density at radius 1 is 1.75 bits per heavy atom. The van der Waals surface area contributed by atoms with Gasteiger partial charge in [0.1, 0.15) is 0 Å². The molecule has 0 aliphatic heterocycles. The second-order valence-corrected chi connectivity index (χ2v) is 1.90. The molecule has 1 rings (SSSR count). The summed E-state index contributed by atoms with van der Waals surface area (Å²) in [6, 6.07) is 3.72. The predicted octanol–water partition coefficient (Wildman–Crippen LogP) is 1.95. The van der Waals surface area contributed by atoms with Gasteiger partial charge >= 0.3 is 0 Å². The minimum Gasteiger partial charge on any atom is -0.456 e. The number of furan rings is 1. The molecule has 0 aliphatic carbocycles. The average Bonchev–Trinajstić information content (AvgIpc) is 2.19. The maximum absolute atomic E-state index is 4.94. The molecule has 1 nitrogen and oxygen atoms in total. The van der Waals surface area contributed by atoms with Crippen LogP contribution in [-0.4, -0.2) is 6.26 Å². The molecular weight excluding hydrogens is 120 g/mol. The van der Waals surface area contributed by atoms with Gasteiger partial charge in [-0.2, -0.15) is 0 Å². The molecule has 0 bridgehead atoms. The molecule has 0 fully saturated rings. The van der Waals surface area contributed by atoms with Crippen LogP contribution >= 0.6 is 11.2 Å². The highest BCUT2D eigenvalue weighted by molar-refractivity contribution is 7.88. The summed E-state index contributed by atoms with van der Waals surface area (Å²) in [5, 5.41) is 2.94. The van der Waals surface area contributed by atoms with Gasteiger partial charge in [0.2, 0.25) is 0 Å². The molecular formula is C6H6OS. The van der Waals surface area contributed by atoms with Crippen molar-refractivity contribution in [1.29, 1.82) is 0 Å². The third-order valence-corrected chi connectivity index (χ3v) is 1.13. The van der Waals surface area contributed by atoms with Gasteiger partial charge < -0.3 is 4.42 Å². The monoisotopic (exact) mass is 126 g/mol. The topological polar surface area (TPSA) is 13.1 Å². The maximum atomic E-state index is 4.94. The zero-order valence-corrected chi connectivity index (χ0v) is 5.37. The quantitative estimate of drug-likeness (QED) is 0.518. The van der Waals surface area contributed by atoms with Gasteiger partial charge in [-0.05, 0) is 17.3 Å². The van der Waals surface area contributed by atoms with E-state index in [2.05, 4.69) is 5.18 Å². The lowest BCUT2D eigenvalue weighted by atomic mass is 10.5. The third-order valence-electron chi connectivity index (χ3n) is 0.724. The Labute approximate surface area is 51.9 Å². The van der Waals surface area contributed by atoms with Crippen LogP contribution in [0.1, 0.15) is 5.76 Å². The lowest BCUT2D eigenvalue weighted by Crippen LogP contribution is -1.55. The van der Waals surface area contributed by atoms with Crippen molar-refractivity contribution < 1.29 is 4.42 Å². The van der Waals surface area contributed by atoms with Crippen LogP contribution in [0.15, 0.2) is 22.8 Å². The van der Waals surface area contributed by atoms with Crippen molar-refractivity contribution in [3.8, 4) is 5.18 Å². The van der Waals surface area contributed by atoms with Gasteiger partial charge in [0, 0.05) is 6.26 Å². The summed E-state index contributed by atoms with van der Waals surface area (Å²) in [5.74, 6) is 0.803. The SMILES string of the molecule is CS#Cc1ccco1. The van der Waals surface area contributed by atoms with Gasteiger partial charge in [-0.1, -0.05) is 0 Å². The summed E-state index contributed by atoms with van der Waals surface area (Å²) in [7, 11) is 0. The van der Waals surface area contributed by atoms with Gasteiger partial charge in [-0.25, -0.2) is 0 Å². The molecule has 0 aromatic carbocycles. The van der Waals surface area contributed by atoms with E-state index in [9.17, 15) is 0 Å². The Bertz CT molecular complexity index is 202. The molecule has 0 atom stereocenters. The molecule has 0 saturated heterocycles. The van der Waals surface area contributed by atoms with Gasteiger partial charge in [-0.3, -0.25) is 0 Å². The van der Waals surface area contributed by atoms with Gasteiger partial charge in [-0.15, -0.1) is 11.2 Å². The molecule has 1 aromatic rings. The van der Waals surface area contributed by atoms with Crippen LogP contribution in [0.25, 0.3) is 0 Å². The summed E-state index contributed by atoms with van der Waals surface area (Å²) in [6.07, 6.45) is 3.58. The van der Waals surface area contributed by atoms with Crippen molar-refractivity contribution in [2.75, 3.05) is 6.26 Å². The van der Waals surface area contributed by atoms with E-state index < -0.39 is 0 Å². The summed E-state index contributed by atoms with van der Waals surface area (Å²) >= 11 is 1.52. The van der Waals surface area contributed by atoms with Gasteiger partial charge in [0.25, 0.3) is 0 Å². The second-order valence-electron chi connectivity index (χ2n) is 1.28. The summed E-state index contributed by atoms with van der Waals surface area (Å²) in [6.45, 7) is 0. The fourth-order valence-corrected chi connectivity index (χ4v) is 0.755. The molecule has 0 radical (unpaired) electrons. The largest absolute Gasteiger partial charge is 0.456 e. The van der Waals surface area contributed by atoms with Crippen LogP contribution in [0.4, 0.5) is 0 Å². The number of hydrogen-bond acceptors (Lipinski definition) is 1.